The minimum atomic E-state index is 1.27. The van der Waals surface area contributed by atoms with Gasteiger partial charge >= 0.3 is 0 Å². The fraction of sp³-hybridized carbons (Fsp3) is 0.833. The molecule has 1 aromatic rings. The third-order valence-corrected chi connectivity index (χ3v) is 8.07. The number of benzene rings is 1. The van der Waals surface area contributed by atoms with E-state index in [4.69, 9.17) is 0 Å². The maximum Gasteiger partial charge on any atom is -0.0279 e. The first-order valence-electron chi connectivity index (χ1n) is 16.9. The van der Waals surface area contributed by atoms with E-state index in [0.29, 0.717) is 0 Å². The quantitative estimate of drug-likeness (QED) is 0.106. The normalized spacial score (nSPS) is 11.4. The van der Waals surface area contributed by atoms with Crippen LogP contribution in [0.2, 0.25) is 0 Å². The Morgan fingerprint density at radius 1 is 0.278 bits per heavy atom. The van der Waals surface area contributed by atoms with Crippen molar-refractivity contribution >= 4 is 0 Å². The van der Waals surface area contributed by atoms with Gasteiger partial charge in [-0.1, -0.05) is 174 Å². The van der Waals surface area contributed by atoms with Gasteiger partial charge in [-0.05, 0) is 55.2 Å². The molecule has 1 rings (SSSR count). The molecule has 0 nitrogen and oxygen atoms in total. The monoisotopic (exact) mass is 499 g/mol. The van der Waals surface area contributed by atoms with Crippen molar-refractivity contribution in [2.75, 3.05) is 0 Å². The van der Waals surface area contributed by atoms with E-state index in [9.17, 15) is 0 Å². The summed E-state index contributed by atoms with van der Waals surface area (Å²) in [4.78, 5) is 0. The van der Waals surface area contributed by atoms with Crippen LogP contribution < -0.4 is 0 Å². The molecule has 0 saturated carbocycles. The zero-order valence-corrected chi connectivity index (χ0v) is 25.3. The predicted octanol–water partition coefficient (Wildman–Crippen LogP) is 12.7. The molecule has 0 spiro atoms. The van der Waals surface area contributed by atoms with Crippen molar-refractivity contribution in [2.24, 2.45) is 0 Å². The van der Waals surface area contributed by atoms with Gasteiger partial charge in [0.2, 0.25) is 0 Å². The summed E-state index contributed by atoms with van der Waals surface area (Å²) in [6.45, 7) is 6.93. The van der Waals surface area contributed by atoms with E-state index < -0.39 is 0 Å². The summed E-state index contributed by atoms with van der Waals surface area (Å²) in [6.07, 6.45) is 38.1. The van der Waals surface area contributed by atoms with Crippen molar-refractivity contribution in [3.63, 3.8) is 0 Å². The van der Waals surface area contributed by atoms with Crippen LogP contribution in [0.15, 0.2) is 18.2 Å². The molecule has 36 heavy (non-hydrogen) atoms. The van der Waals surface area contributed by atoms with E-state index in [1.165, 1.54) is 173 Å². The average Bonchev–Trinajstić information content (AvgIpc) is 2.89. The molecule has 0 bridgehead atoms. The van der Waals surface area contributed by atoms with Crippen LogP contribution in [0.5, 0.6) is 0 Å². The minimum absolute atomic E-state index is 1.27. The fourth-order valence-corrected chi connectivity index (χ4v) is 5.64. The van der Waals surface area contributed by atoms with Gasteiger partial charge in [-0.3, -0.25) is 0 Å². The molecule has 0 saturated heterocycles. The second-order valence-corrected chi connectivity index (χ2v) is 11.8. The van der Waals surface area contributed by atoms with Crippen LogP contribution in [0.4, 0.5) is 0 Å². The molecular weight excluding hydrogens is 432 g/mol. The Bertz CT molecular complexity index is 527. The van der Waals surface area contributed by atoms with E-state index >= 15 is 0 Å². The Labute approximate surface area is 228 Å². The van der Waals surface area contributed by atoms with E-state index in [1.54, 1.807) is 16.7 Å². The maximum atomic E-state index is 2.56. The standard InChI is InChI=1S/C36H66/c1-4-7-10-12-14-16-18-20-22-24-26-29-35-31-34(28-9-6-3)32-36(33-35)30-27-25-23-21-19-17-15-13-11-8-5-2/h31-33H,4-30H2,1-3H3. The van der Waals surface area contributed by atoms with Crippen LogP contribution >= 0.6 is 0 Å². The minimum Gasteiger partial charge on any atom is -0.0654 e. The number of hydrogen-bond donors (Lipinski definition) is 0. The zero-order valence-electron chi connectivity index (χ0n) is 25.3. The molecule has 0 aliphatic heterocycles. The van der Waals surface area contributed by atoms with Crippen LogP contribution in [-0.2, 0) is 19.3 Å². The van der Waals surface area contributed by atoms with E-state index in [-0.39, 0.29) is 0 Å². The largest absolute Gasteiger partial charge is 0.0654 e. The lowest BCUT2D eigenvalue weighted by molar-refractivity contribution is 0.548. The lowest BCUT2D eigenvalue weighted by Crippen LogP contribution is -1.96. The average molecular weight is 499 g/mol. The molecule has 0 fully saturated rings. The van der Waals surface area contributed by atoms with Crippen LogP contribution in [0.3, 0.4) is 0 Å². The topological polar surface area (TPSA) is 0 Å². The maximum absolute atomic E-state index is 2.56. The molecule has 1 aromatic carbocycles. The summed E-state index contributed by atoms with van der Waals surface area (Å²) in [7, 11) is 0. The molecule has 0 aliphatic carbocycles. The summed E-state index contributed by atoms with van der Waals surface area (Å²) < 4.78 is 0. The van der Waals surface area contributed by atoms with Gasteiger partial charge in [-0.15, -0.1) is 0 Å². The highest BCUT2D eigenvalue weighted by molar-refractivity contribution is 5.30. The number of rotatable bonds is 27. The van der Waals surface area contributed by atoms with Crippen LogP contribution in [0.1, 0.15) is 192 Å². The Morgan fingerprint density at radius 2 is 0.500 bits per heavy atom. The molecule has 0 aliphatic rings. The van der Waals surface area contributed by atoms with Gasteiger partial charge in [-0.2, -0.15) is 0 Å². The summed E-state index contributed by atoms with van der Waals surface area (Å²) in [5.41, 5.74) is 4.85. The zero-order chi connectivity index (χ0) is 25.9. The molecule has 0 amide bonds. The number of unbranched alkanes of at least 4 members (excludes halogenated alkanes) is 21. The van der Waals surface area contributed by atoms with Gasteiger partial charge in [0.25, 0.3) is 0 Å². The van der Waals surface area contributed by atoms with Crippen molar-refractivity contribution < 1.29 is 0 Å². The van der Waals surface area contributed by atoms with Gasteiger partial charge in [0, 0.05) is 0 Å². The van der Waals surface area contributed by atoms with Gasteiger partial charge in [0.15, 0.2) is 0 Å². The van der Waals surface area contributed by atoms with Gasteiger partial charge in [0.05, 0.1) is 0 Å². The lowest BCUT2D eigenvalue weighted by Gasteiger charge is -2.11. The first-order chi connectivity index (χ1) is 17.8. The van der Waals surface area contributed by atoms with Crippen molar-refractivity contribution in [3.8, 4) is 0 Å². The van der Waals surface area contributed by atoms with E-state index in [0.717, 1.165) is 0 Å². The van der Waals surface area contributed by atoms with Crippen LogP contribution in [0, 0.1) is 0 Å². The second-order valence-electron chi connectivity index (χ2n) is 11.8. The van der Waals surface area contributed by atoms with Crippen LogP contribution in [-0.4, -0.2) is 0 Å². The van der Waals surface area contributed by atoms with Crippen molar-refractivity contribution in [2.45, 2.75) is 194 Å². The molecular formula is C36H66. The second kappa shape index (κ2) is 25.9. The fourth-order valence-electron chi connectivity index (χ4n) is 5.64. The molecule has 210 valence electrons. The van der Waals surface area contributed by atoms with Crippen LogP contribution in [0.25, 0.3) is 0 Å². The molecule has 0 heterocycles. The highest BCUT2D eigenvalue weighted by atomic mass is 14.1. The highest BCUT2D eigenvalue weighted by Crippen LogP contribution is 2.19. The van der Waals surface area contributed by atoms with Gasteiger partial charge in [0.1, 0.15) is 0 Å². The first-order valence-corrected chi connectivity index (χ1v) is 16.9. The van der Waals surface area contributed by atoms with Gasteiger partial charge in [-0.25, -0.2) is 0 Å². The SMILES string of the molecule is CCCCCCCCCCCCCc1cc(CCCC)cc(CCCCCCCCCCCCC)c1. The summed E-state index contributed by atoms with van der Waals surface area (Å²) in [6, 6.07) is 7.63. The summed E-state index contributed by atoms with van der Waals surface area (Å²) in [5, 5.41) is 0. The molecule has 0 aromatic heterocycles. The molecule has 0 radical (unpaired) electrons. The lowest BCUT2D eigenvalue weighted by atomic mass is 9.95. The first kappa shape index (κ1) is 33.2. The van der Waals surface area contributed by atoms with Gasteiger partial charge < -0.3 is 0 Å². The number of hydrogen-bond acceptors (Lipinski definition) is 0. The smallest absolute Gasteiger partial charge is 0.0279 e. The molecule has 0 N–H and O–H groups in total. The molecule has 0 atom stereocenters. The predicted molar refractivity (Wildman–Crippen MR) is 165 cm³/mol. The third kappa shape index (κ3) is 20.3. The Hall–Kier alpha value is -0.780. The Kier molecular flexibility index (Phi) is 23.9. The van der Waals surface area contributed by atoms with Crippen molar-refractivity contribution in [3.05, 3.63) is 34.9 Å². The molecule has 0 unspecified atom stereocenters. The number of aryl methyl sites for hydroxylation is 3. The van der Waals surface area contributed by atoms with E-state index in [1.807, 2.05) is 0 Å². The highest BCUT2D eigenvalue weighted by Gasteiger charge is 2.03. The summed E-state index contributed by atoms with van der Waals surface area (Å²) >= 11 is 0. The van der Waals surface area contributed by atoms with Crippen molar-refractivity contribution in [1.82, 2.24) is 0 Å². The summed E-state index contributed by atoms with van der Waals surface area (Å²) in [5.74, 6) is 0. The Morgan fingerprint density at radius 3 is 0.778 bits per heavy atom. The Balaban J connectivity index is 2.21. The van der Waals surface area contributed by atoms with E-state index in [2.05, 4.69) is 39.0 Å². The third-order valence-electron chi connectivity index (χ3n) is 8.07. The van der Waals surface area contributed by atoms with Crippen molar-refractivity contribution in [1.29, 1.82) is 0 Å². The molecule has 0 heteroatoms.